The van der Waals surface area contributed by atoms with E-state index in [0.29, 0.717) is 13.0 Å². The first-order valence-electron chi connectivity index (χ1n) is 9.88. The Hall–Kier alpha value is -2.96. The summed E-state index contributed by atoms with van der Waals surface area (Å²) < 4.78 is 42.1. The Bertz CT molecular complexity index is 1330. The summed E-state index contributed by atoms with van der Waals surface area (Å²) in [7, 11) is -3.82. The number of para-hydroxylation sites is 1. The number of H-pyrrole nitrogens is 1. The predicted molar refractivity (Wildman–Crippen MR) is 115 cm³/mol. The molecule has 152 valence electrons. The van der Waals surface area contributed by atoms with Crippen LogP contribution in [0.5, 0.6) is 0 Å². The smallest absolute Gasteiger partial charge is 0.244 e. The second kappa shape index (κ2) is 7.07. The number of nitrogens with zero attached hydrogens (tertiary/aromatic N) is 1. The Labute approximate surface area is 175 Å². The Kier molecular flexibility index (Phi) is 4.49. The number of sulfonamides is 1. The van der Waals surface area contributed by atoms with Gasteiger partial charge in [0.15, 0.2) is 0 Å². The van der Waals surface area contributed by atoms with Gasteiger partial charge in [-0.15, -0.1) is 0 Å². The van der Waals surface area contributed by atoms with Gasteiger partial charge in [0.25, 0.3) is 0 Å². The maximum absolute atomic E-state index is 13.6. The van der Waals surface area contributed by atoms with E-state index in [2.05, 4.69) is 11.1 Å². The van der Waals surface area contributed by atoms with Gasteiger partial charge in [0.1, 0.15) is 5.82 Å². The Balaban J connectivity index is 1.70. The average Bonchev–Trinajstić information content (AvgIpc) is 3.13. The van der Waals surface area contributed by atoms with Crippen molar-refractivity contribution in [1.29, 1.82) is 0 Å². The van der Waals surface area contributed by atoms with Crippen molar-refractivity contribution in [3.63, 3.8) is 0 Å². The Morgan fingerprint density at radius 3 is 2.40 bits per heavy atom. The number of nitrogens with one attached hydrogen (secondary N) is 1. The maximum Gasteiger partial charge on any atom is 0.244 e. The summed E-state index contributed by atoms with van der Waals surface area (Å²) in [4.78, 5) is 3.57. The van der Waals surface area contributed by atoms with Crippen molar-refractivity contribution < 1.29 is 12.8 Å². The van der Waals surface area contributed by atoms with E-state index in [1.807, 2.05) is 49.4 Å². The number of aromatic amines is 1. The Morgan fingerprint density at radius 2 is 1.67 bits per heavy atom. The standard InChI is InChI=1S/C24H21FN2O2S/c1-16-6-8-17(9-7-16)24-23-21(20-4-2-3-5-22(20)26-23)14-15-27(24)30(28,29)19-12-10-18(25)11-13-19/h2-13,24,26H,14-15H2,1H3/t24-/m1/s1. The molecule has 0 bridgehead atoms. The van der Waals surface area contributed by atoms with Crippen LogP contribution in [0.15, 0.2) is 77.7 Å². The molecule has 30 heavy (non-hydrogen) atoms. The fourth-order valence-corrected chi connectivity index (χ4v) is 5.89. The molecule has 0 spiro atoms. The van der Waals surface area contributed by atoms with Crippen molar-refractivity contribution in [2.45, 2.75) is 24.3 Å². The molecule has 1 aliphatic heterocycles. The minimum Gasteiger partial charge on any atom is -0.357 e. The van der Waals surface area contributed by atoms with Crippen LogP contribution in [0.2, 0.25) is 0 Å². The van der Waals surface area contributed by atoms with E-state index in [0.717, 1.165) is 33.3 Å². The molecule has 3 aromatic carbocycles. The largest absolute Gasteiger partial charge is 0.357 e. The summed E-state index contributed by atoms with van der Waals surface area (Å²) in [5, 5.41) is 1.13. The number of rotatable bonds is 3. The highest BCUT2D eigenvalue weighted by Gasteiger charge is 2.39. The minimum atomic E-state index is -3.82. The summed E-state index contributed by atoms with van der Waals surface area (Å²) in [6.45, 7) is 2.36. The molecule has 0 radical (unpaired) electrons. The molecule has 6 heteroatoms. The van der Waals surface area contributed by atoms with Crippen LogP contribution in [0.3, 0.4) is 0 Å². The monoisotopic (exact) mass is 420 g/mol. The molecule has 2 heterocycles. The van der Waals surface area contributed by atoms with E-state index in [4.69, 9.17) is 0 Å². The van der Waals surface area contributed by atoms with Gasteiger partial charge in [0.2, 0.25) is 10.0 Å². The first kappa shape index (κ1) is 19.0. The van der Waals surface area contributed by atoms with Gasteiger partial charge < -0.3 is 4.98 Å². The lowest BCUT2D eigenvalue weighted by atomic mass is 9.94. The number of hydrogen-bond donors (Lipinski definition) is 1. The summed E-state index contributed by atoms with van der Waals surface area (Å²) in [6, 6.07) is 20.6. The molecule has 0 aliphatic carbocycles. The van der Waals surface area contributed by atoms with Crippen molar-refractivity contribution in [1.82, 2.24) is 9.29 Å². The van der Waals surface area contributed by atoms with Crippen LogP contribution >= 0.6 is 0 Å². The number of halogens is 1. The molecule has 0 saturated heterocycles. The fraction of sp³-hybridized carbons (Fsp3) is 0.167. The van der Waals surface area contributed by atoms with Crippen LogP contribution in [-0.4, -0.2) is 24.3 Å². The molecule has 4 nitrogen and oxygen atoms in total. The number of benzene rings is 3. The molecular formula is C24H21FN2O2S. The van der Waals surface area contributed by atoms with Crippen LogP contribution in [0.4, 0.5) is 4.39 Å². The zero-order chi connectivity index (χ0) is 20.9. The number of fused-ring (bicyclic) bond motifs is 3. The number of aryl methyl sites for hydroxylation is 1. The van der Waals surface area contributed by atoms with E-state index >= 15 is 0 Å². The van der Waals surface area contributed by atoms with Gasteiger partial charge in [-0.1, -0.05) is 48.0 Å². The molecule has 0 unspecified atom stereocenters. The van der Waals surface area contributed by atoms with E-state index in [-0.39, 0.29) is 4.90 Å². The lowest BCUT2D eigenvalue weighted by molar-refractivity contribution is 0.340. The summed E-state index contributed by atoms with van der Waals surface area (Å²) >= 11 is 0. The molecule has 0 saturated carbocycles. The molecule has 1 N–H and O–H groups in total. The quantitative estimate of drug-likeness (QED) is 0.510. The SMILES string of the molecule is Cc1ccc([C@@H]2c3[nH]c4ccccc4c3CCN2S(=O)(=O)c2ccc(F)cc2)cc1. The first-order valence-corrected chi connectivity index (χ1v) is 11.3. The number of hydrogen-bond acceptors (Lipinski definition) is 2. The van der Waals surface area contributed by atoms with E-state index in [1.54, 1.807) is 0 Å². The van der Waals surface area contributed by atoms with Crippen LogP contribution in [0, 0.1) is 12.7 Å². The third-order valence-electron chi connectivity index (χ3n) is 5.80. The van der Waals surface area contributed by atoms with E-state index in [1.165, 1.54) is 28.6 Å². The Morgan fingerprint density at radius 1 is 0.967 bits per heavy atom. The summed E-state index contributed by atoms with van der Waals surface area (Å²) in [6.07, 6.45) is 0.613. The molecule has 1 aromatic heterocycles. The van der Waals surface area contributed by atoms with Crippen molar-refractivity contribution in [3.8, 4) is 0 Å². The lowest BCUT2D eigenvalue weighted by Crippen LogP contribution is -2.40. The van der Waals surface area contributed by atoms with Gasteiger partial charge in [0, 0.05) is 23.1 Å². The third-order valence-corrected chi connectivity index (χ3v) is 7.68. The molecular weight excluding hydrogens is 399 g/mol. The van der Waals surface area contributed by atoms with E-state index in [9.17, 15) is 12.8 Å². The van der Waals surface area contributed by atoms with Gasteiger partial charge in [-0.2, -0.15) is 4.31 Å². The zero-order valence-electron chi connectivity index (χ0n) is 16.5. The predicted octanol–water partition coefficient (Wildman–Crippen LogP) is 4.95. The second-order valence-electron chi connectivity index (χ2n) is 7.70. The van der Waals surface area contributed by atoms with Gasteiger partial charge in [0.05, 0.1) is 10.9 Å². The summed E-state index contributed by atoms with van der Waals surface area (Å²) in [5.74, 6) is -0.458. The molecule has 5 rings (SSSR count). The van der Waals surface area contributed by atoms with Crippen LogP contribution in [-0.2, 0) is 16.4 Å². The van der Waals surface area contributed by atoms with Gasteiger partial charge >= 0.3 is 0 Å². The van der Waals surface area contributed by atoms with Crippen LogP contribution in [0.25, 0.3) is 10.9 Å². The van der Waals surface area contributed by atoms with Gasteiger partial charge in [-0.3, -0.25) is 0 Å². The fourth-order valence-electron chi connectivity index (χ4n) is 4.30. The molecule has 0 amide bonds. The van der Waals surface area contributed by atoms with Crippen molar-refractivity contribution in [3.05, 3.63) is 101 Å². The minimum absolute atomic E-state index is 0.0978. The topological polar surface area (TPSA) is 53.2 Å². The number of aromatic nitrogens is 1. The zero-order valence-corrected chi connectivity index (χ0v) is 17.3. The first-order chi connectivity index (χ1) is 14.4. The third kappa shape index (κ3) is 3.04. The van der Waals surface area contributed by atoms with Crippen molar-refractivity contribution in [2.75, 3.05) is 6.54 Å². The lowest BCUT2D eigenvalue weighted by Gasteiger charge is -2.35. The highest BCUT2D eigenvalue weighted by molar-refractivity contribution is 7.89. The molecule has 1 atom stereocenters. The normalized spacial score (nSPS) is 17.2. The summed E-state index contributed by atoms with van der Waals surface area (Å²) in [5.41, 5.74) is 5.07. The molecule has 1 aliphatic rings. The van der Waals surface area contributed by atoms with Crippen LogP contribution < -0.4 is 0 Å². The highest BCUT2D eigenvalue weighted by atomic mass is 32.2. The molecule has 0 fully saturated rings. The van der Waals surface area contributed by atoms with Crippen molar-refractivity contribution in [2.24, 2.45) is 0 Å². The van der Waals surface area contributed by atoms with Crippen LogP contribution in [0.1, 0.15) is 28.4 Å². The average molecular weight is 421 g/mol. The van der Waals surface area contributed by atoms with Gasteiger partial charge in [-0.25, -0.2) is 12.8 Å². The maximum atomic E-state index is 13.6. The van der Waals surface area contributed by atoms with Crippen molar-refractivity contribution >= 4 is 20.9 Å². The molecule has 4 aromatic rings. The van der Waals surface area contributed by atoms with Gasteiger partial charge in [-0.05, 0) is 54.8 Å². The van der Waals surface area contributed by atoms with E-state index < -0.39 is 21.9 Å². The second-order valence-corrected chi connectivity index (χ2v) is 9.59. The highest BCUT2D eigenvalue weighted by Crippen LogP contribution is 2.41.